The number of anilines is 1. The van der Waals surface area contributed by atoms with Crippen molar-refractivity contribution in [3.05, 3.63) is 66.2 Å². The van der Waals surface area contributed by atoms with Gasteiger partial charge in [0.05, 0.1) is 10.6 Å². The summed E-state index contributed by atoms with van der Waals surface area (Å²) in [6.07, 6.45) is 0. The Morgan fingerprint density at radius 2 is 1.81 bits per heavy atom. The average molecular weight is 371 g/mol. The third-order valence-corrected chi connectivity index (χ3v) is 5.20. The number of ether oxygens (including phenoxy) is 1. The molecule has 0 saturated carbocycles. The summed E-state index contributed by atoms with van der Waals surface area (Å²) in [7, 11) is -3.80. The molecule has 0 atom stereocenters. The predicted octanol–water partition coefficient (Wildman–Crippen LogP) is 3.41. The summed E-state index contributed by atoms with van der Waals surface area (Å²) < 4.78 is 33.2. The van der Waals surface area contributed by atoms with Gasteiger partial charge in [0.2, 0.25) is 0 Å². The number of nitrogens with one attached hydrogen (secondary N) is 1. The van der Waals surface area contributed by atoms with Crippen molar-refractivity contribution in [3.63, 3.8) is 0 Å². The van der Waals surface area contributed by atoms with Crippen LogP contribution in [-0.2, 0) is 14.8 Å². The summed E-state index contributed by atoms with van der Waals surface area (Å²) in [6.45, 7) is 1.18. The lowest BCUT2D eigenvalue weighted by atomic mass is 10.1. The van der Waals surface area contributed by atoms with Gasteiger partial charge in [0.15, 0.2) is 6.61 Å². The summed E-state index contributed by atoms with van der Waals surface area (Å²) in [5.41, 5.74) is 1.03. The molecule has 0 aromatic heterocycles. The fourth-order valence-corrected chi connectivity index (χ4v) is 3.77. The number of fused-ring (bicyclic) bond motifs is 1. The minimum atomic E-state index is -3.80. The highest BCUT2D eigenvalue weighted by Crippen LogP contribution is 2.27. The van der Waals surface area contributed by atoms with Crippen molar-refractivity contribution in [2.24, 2.45) is 0 Å². The highest BCUT2D eigenvalue weighted by Gasteiger charge is 2.17. The van der Waals surface area contributed by atoms with Gasteiger partial charge in [0.25, 0.3) is 10.0 Å². The van der Waals surface area contributed by atoms with Crippen LogP contribution in [0.1, 0.15) is 5.56 Å². The van der Waals surface area contributed by atoms with Gasteiger partial charge in [-0.2, -0.15) is 0 Å². The third kappa shape index (κ3) is 3.78. The summed E-state index contributed by atoms with van der Waals surface area (Å²) in [5.74, 6) is -0.768. The summed E-state index contributed by atoms with van der Waals surface area (Å²) in [6, 6.07) is 17.2. The fraction of sp³-hybridized carbons (Fsp3) is 0.105. The molecule has 0 aliphatic carbocycles. The molecule has 26 heavy (non-hydrogen) atoms. The van der Waals surface area contributed by atoms with Crippen LogP contribution in [0.3, 0.4) is 0 Å². The maximum absolute atomic E-state index is 12.7. The van der Waals surface area contributed by atoms with E-state index >= 15 is 0 Å². The minimum absolute atomic E-state index is 0.0746. The van der Waals surface area contributed by atoms with Gasteiger partial charge in [-0.15, -0.1) is 0 Å². The van der Waals surface area contributed by atoms with E-state index in [4.69, 9.17) is 9.84 Å². The largest absolute Gasteiger partial charge is 0.482 e. The number of aryl methyl sites for hydroxylation is 1. The second-order valence-electron chi connectivity index (χ2n) is 5.74. The Bertz CT molecular complexity index is 1070. The number of hydrogen-bond acceptors (Lipinski definition) is 4. The van der Waals surface area contributed by atoms with Crippen molar-refractivity contribution < 1.29 is 23.1 Å². The van der Waals surface area contributed by atoms with Crippen molar-refractivity contribution >= 4 is 32.5 Å². The van der Waals surface area contributed by atoms with Gasteiger partial charge >= 0.3 is 5.97 Å². The van der Waals surface area contributed by atoms with E-state index in [1.807, 2.05) is 30.3 Å². The molecule has 0 radical (unpaired) electrons. The lowest BCUT2D eigenvalue weighted by molar-refractivity contribution is -0.139. The Morgan fingerprint density at radius 1 is 1.08 bits per heavy atom. The molecule has 0 spiro atoms. The third-order valence-electron chi connectivity index (χ3n) is 3.84. The molecule has 0 aliphatic heterocycles. The first-order valence-electron chi connectivity index (χ1n) is 7.83. The standard InChI is InChI=1S/C19H17NO5S/c1-13-11-15(9-10-18(13)25-12-19(21)22)26(23,24)20-17-8-4-6-14-5-2-3-7-16(14)17/h2-11,20H,12H2,1H3,(H,21,22). The lowest BCUT2D eigenvalue weighted by Gasteiger charge is -2.13. The van der Waals surface area contributed by atoms with Gasteiger partial charge in [-0.05, 0) is 42.1 Å². The van der Waals surface area contributed by atoms with E-state index < -0.39 is 22.6 Å². The van der Waals surface area contributed by atoms with Crippen LogP contribution in [0, 0.1) is 6.92 Å². The highest BCUT2D eigenvalue weighted by atomic mass is 32.2. The van der Waals surface area contributed by atoms with Crippen molar-refractivity contribution in [1.82, 2.24) is 0 Å². The first kappa shape index (κ1) is 17.8. The molecule has 3 aromatic rings. The van der Waals surface area contributed by atoms with Gasteiger partial charge in [0.1, 0.15) is 5.75 Å². The van der Waals surface area contributed by atoms with Crippen molar-refractivity contribution in [1.29, 1.82) is 0 Å². The van der Waals surface area contributed by atoms with Crippen molar-refractivity contribution in [2.45, 2.75) is 11.8 Å². The maximum atomic E-state index is 12.7. The zero-order chi connectivity index (χ0) is 18.7. The van der Waals surface area contributed by atoms with Gasteiger partial charge in [-0.25, -0.2) is 13.2 Å². The van der Waals surface area contributed by atoms with E-state index in [1.165, 1.54) is 18.2 Å². The van der Waals surface area contributed by atoms with Crippen LogP contribution in [-0.4, -0.2) is 26.1 Å². The van der Waals surface area contributed by atoms with Crippen LogP contribution in [0.15, 0.2) is 65.6 Å². The van der Waals surface area contributed by atoms with Crippen molar-refractivity contribution in [3.8, 4) is 5.75 Å². The van der Waals surface area contributed by atoms with E-state index in [9.17, 15) is 13.2 Å². The minimum Gasteiger partial charge on any atom is -0.482 e. The topological polar surface area (TPSA) is 92.7 Å². The van der Waals surface area contributed by atoms with Gasteiger partial charge in [0, 0.05) is 5.39 Å². The summed E-state index contributed by atoms with van der Waals surface area (Å²) in [4.78, 5) is 10.7. The number of rotatable bonds is 6. The number of benzene rings is 3. The number of sulfonamides is 1. The molecule has 0 fully saturated rings. The molecule has 2 N–H and O–H groups in total. The van der Waals surface area contributed by atoms with E-state index in [0.29, 0.717) is 17.0 Å². The zero-order valence-corrected chi connectivity index (χ0v) is 14.8. The smallest absolute Gasteiger partial charge is 0.341 e. The molecule has 6 nitrogen and oxygen atoms in total. The monoisotopic (exact) mass is 371 g/mol. The molecule has 3 aromatic carbocycles. The Balaban J connectivity index is 1.90. The van der Waals surface area contributed by atoms with Gasteiger partial charge in [-0.3, -0.25) is 4.72 Å². The molecule has 0 heterocycles. The Hall–Kier alpha value is -3.06. The highest BCUT2D eigenvalue weighted by molar-refractivity contribution is 7.92. The van der Waals surface area contributed by atoms with Crippen LogP contribution in [0.2, 0.25) is 0 Å². The Kier molecular flexibility index (Phi) is 4.81. The average Bonchev–Trinajstić information content (AvgIpc) is 2.60. The maximum Gasteiger partial charge on any atom is 0.341 e. The molecule has 0 saturated heterocycles. The lowest BCUT2D eigenvalue weighted by Crippen LogP contribution is -2.14. The molecule has 134 valence electrons. The molecular formula is C19H17NO5S. The van der Waals surface area contributed by atoms with Crippen LogP contribution in [0.25, 0.3) is 10.8 Å². The molecule has 0 bridgehead atoms. The van der Waals surface area contributed by atoms with Crippen molar-refractivity contribution in [2.75, 3.05) is 11.3 Å². The van der Waals surface area contributed by atoms with E-state index in [0.717, 1.165) is 10.8 Å². The van der Waals surface area contributed by atoms with Crippen LogP contribution < -0.4 is 9.46 Å². The number of carboxylic acids is 1. The van der Waals surface area contributed by atoms with E-state index in [-0.39, 0.29) is 4.90 Å². The second-order valence-corrected chi connectivity index (χ2v) is 7.42. The van der Waals surface area contributed by atoms with Crippen LogP contribution in [0.4, 0.5) is 5.69 Å². The number of hydrogen-bond donors (Lipinski definition) is 2. The zero-order valence-electron chi connectivity index (χ0n) is 14.0. The molecule has 0 aliphatic rings. The first-order valence-corrected chi connectivity index (χ1v) is 9.31. The number of aliphatic carboxylic acids is 1. The first-order chi connectivity index (χ1) is 12.4. The summed E-state index contributed by atoms with van der Waals surface area (Å²) >= 11 is 0. The number of carbonyl (C=O) groups is 1. The van der Waals surface area contributed by atoms with Crippen LogP contribution in [0.5, 0.6) is 5.75 Å². The second kappa shape index (κ2) is 7.05. The predicted molar refractivity (Wildman–Crippen MR) is 99.1 cm³/mol. The molecule has 0 amide bonds. The Labute approximate surface area is 151 Å². The molecular weight excluding hydrogens is 354 g/mol. The Morgan fingerprint density at radius 3 is 2.54 bits per heavy atom. The van der Waals surface area contributed by atoms with Gasteiger partial charge in [-0.1, -0.05) is 36.4 Å². The molecule has 7 heteroatoms. The number of carboxylic acid groups (broad SMARTS) is 1. The van der Waals surface area contributed by atoms with E-state index in [1.54, 1.807) is 19.1 Å². The molecule has 3 rings (SSSR count). The quantitative estimate of drug-likeness (QED) is 0.693. The van der Waals surface area contributed by atoms with Gasteiger partial charge < -0.3 is 9.84 Å². The normalized spacial score (nSPS) is 11.3. The molecule has 0 unspecified atom stereocenters. The SMILES string of the molecule is Cc1cc(S(=O)(=O)Nc2cccc3ccccc23)ccc1OCC(=O)O. The fourth-order valence-electron chi connectivity index (χ4n) is 2.61. The van der Waals surface area contributed by atoms with Crippen LogP contribution >= 0.6 is 0 Å². The summed E-state index contributed by atoms with van der Waals surface area (Å²) in [5, 5.41) is 10.4. The van der Waals surface area contributed by atoms with E-state index in [2.05, 4.69) is 4.72 Å².